The minimum Gasteiger partial charge on any atom is -0.481 e. The van der Waals surface area contributed by atoms with Gasteiger partial charge in [0.1, 0.15) is 0 Å². The number of hydrogen-bond acceptors (Lipinski definition) is 6. The van der Waals surface area contributed by atoms with Crippen LogP contribution in [0.5, 0.6) is 0 Å². The first-order chi connectivity index (χ1) is 8.84. The molecule has 0 aliphatic carbocycles. The molecule has 0 rings (SSSR count). The van der Waals surface area contributed by atoms with E-state index < -0.39 is 23.9 Å². The molecular formula is C10H24EuN2O8. The van der Waals surface area contributed by atoms with Crippen molar-refractivity contribution < 1.29 is 89.0 Å². The fourth-order valence-electron chi connectivity index (χ4n) is 0. The smallest absolute Gasteiger partial charge is 0.300 e. The zero-order valence-corrected chi connectivity index (χ0v) is 14.8. The van der Waals surface area contributed by atoms with E-state index in [1.807, 2.05) is 0 Å². The molecule has 0 bridgehead atoms. The third kappa shape index (κ3) is 39600. The van der Waals surface area contributed by atoms with Gasteiger partial charge in [-0.25, -0.2) is 0 Å². The Balaban J connectivity index is -0.0000000331. The third-order valence-corrected chi connectivity index (χ3v) is 0.167. The van der Waals surface area contributed by atoms with Crippen LogP contribution >= 0.6 is 0 Å². The van der Waals surface area contributed by atoms with Gasteiger partial charge in [-0.3, -0.25) is 19.2 Å². The quantitative estimate of drug-likeness (QED) is 0.294. The molecule has 0 fully saturated rings. The van der Waals surface area contributed by atoms with Crippen LogP contribution in [0, 0.1) is 49.4 Å². The van der Waals surface area contributed by atoms with Crippen LogP contribution in [0.2, 0.25) is 0 Å². The molecule has 0 saturated heterocycles. The van der Waals surface area contributed by atoms with E-state index >= 15 is 0 Å². The molecule has 0 aromatic carbocycles. The minimum atomic E-state index is -0.833. The van der Waals surface area contributed by atoms with Gasteiger partial charge in [0, 0.05) is 90.2 Å². The second-order valence-electron chi connectivity index (χ2n) is 2.65. The molecule has 0 atom stereocenters. The molecule has 0 aliphatic heterocycles. The van der Waals surface area contributed by atoms with Crippen LogP contribution in [0.1, 0.15) is 27.7 Å². The molecule has 0 aromatic heterocycles. The van der Waals surface area contributed by atoms with Gasteiger partial charge in [-0.1, -0.05) is 0 Å². The zero-order valence-electron chi connectivity index (χ0n) is 12.4. The van der Waals surface area contributed by atoms with Crippen LogP contribution in [0.25, 0.3) is 0 Å². The summed E-state index contributed by atoms with van der Waals surface area (Å²) >= 11 is 0. The number of rotatable bonds is 1. The summed E-state index contributed by atoms with van der Waals surface area (Å²) in [6, 6.07) is 0. The molecule has 8 N–H and O–H groups in total. The Morgan fingerprint density at radius 3 is 0.667 bits per heavy atom. The Morgan fingerprint density at radius 1 is 0.619 bits per heavy atom. The predicted octanol–water partition coefficient (Wildman–Crippen LogP) is -0.733. The Hall–Kier alpha value is -0.616. The van der Waals surface area contributed by atoms with Gasteiger partial charge in [-0.05, 0) is 0 Å². The Kier molecular flexibility index (Phi) is 64.5. The Bertz CT molecular complexity index is 195. The third-order valence-electron chi connectivity index (χ3n) is 0.167. The van der Waals surface area contributed by atoms with Crippen molar-refractivity contribution >= 4 is 23.9 Å². The molecule has 0 amide bonds. The summed E-state index contributed by atoms with van der Waals surface area (Å²) in [4.78, 5) is 36.0. The molecule has 21 heavy (non-hydrogen) atoms. The van der Waals surface area contributed by atoms with E-state index in [0.29, 0.717) is 13.1 Å². The van der Waals surface area contributed by atoms with Crippen molar-refractivity contribution in [2.75, 3.05) is 13.1 Å². The maximum atomic E-state index is 9.00. The maximum absolute atomic E-state index is 9.00. The molecule has 0 heterocycles. The summed E-state index contributed by atoms with van der Waals surface area (Å²) in [6.07, 6.45) is 0. The topological polar surface area (TPSA) is 201 Å². The van der Waals surface area contributed by atoms with Crippen molar-refractivity contribution in [3.05, 3.63) is 0 Å². The van der Waals surface area contributed by atoms with E-state index in [1.54, 1.807) is 0 Å². The number of carboxylic acid groups (broad SMARTS) is 4. The van der Waals surface area contributed by atoms with E-state index in [1.165, 1.54) is 0 Å². The van der Waals surface area contributed by atoms with Gasteiger partial charge in [0.2, 0.25) is 0 Å². The van der Waals surface area contributed by atoms with E-state index in [-0.39, 0.29) is 49.4 Å². The molecule has 0 aromatic rings. The normalized spacial score (nSPS) is 6.19. The number of aliphatic carboxylic acids is 4. The van der Waals surface area contributed by atoms with Crippen molar-refractivity contribution in [2.45, 2.75) is 27.7 Å². The van der Waals surface area contributed by atoms with Crippen molar-refractivity contribution in [2.24, 2.45) is 11.5 Å². The van der Waals surface area contributed by atoms with Crippen LogP contribution < -0.4 is 11.5 Å². The predicted molar refractivity (Wildman–Crippen MR) is 71.3 cm³/mol. The van der Waals surface area contributed by atoms with Crippen LogP contribution in [0.15, 0.2) is 0 Å². The molecular weight excluding hydrogens is 428 g/mol. The molecule has 0 aliphatic rings. The van der Waals surface area contributed by atoms with Gasteiger partial charge < -0.3 is 31.9 Å². The fourth-order valence-corrected chi connectivity index (χ4v) is 0. The van der Waals surface area contributed by atoms with Gasteiger partial charge >= 0.3 is 0 Å². The minimum absolute atomic E-state index is 0. The molecule has 129 valence electrons. The fraction of sp³-hybridized carbons (Fsp3) is 0.600. The van der Waals surface area contributed by atoms with Crippen LogP contribution in [-0.4, -0.2) is 57.4 Å². The standard InChI is InChI=1S/C2H8N2.4C2H4O2.Eu/c3-1-2-4;4*1-2(3)4;/h1-4H2;4*1H3,(H,3,4);. The molecule has 10 nitrogen and oxygen atoms in total. The number of carboxylic acids is 4. The SMILES string of the molecule is CC(=O)O.CC(=O)O.CC(=O)O.CC(=O)O.NCCN.[Eu]. The van der Waals surface area contributed by atoms with E-state index in [9.17, 15) is 0 Å². The van der Waals surface area contributed by atoms with Gasteiger partial charge in [0.15, 0.2) is 0 Å². The zero-order chi connectivity index (χ0) is 17.7. The summed E-state index contributed by atoms with van der Waals surface area (Å²) in [7, 11) is 0. The molecule has 0 unspecified atom stereocenters. The van der Waals surface area contributed by atoms with Gasteiger partial charge in [-0.2, -0.15) is 0 Å². The van der Waals surface area contributed by atoms with E-state index in [2.05, 4.69) is 0 Å². The van der Waals surface area contributed by atoms with Crippen LogP contribution in [0.4, 0.5) is 0 Å². The van der Waals surface area contributed by atoms with Crippen LogP contribution in [-0.2, 0) is 19.2 Å². The van der Waals surface area contributed by atoms with E-state index in [4.69, 9.17) is 51.1 Å². The summed E-state index contributed by atoms with van der Waals surface area (Å²) in [5, 5.41) is 29.7. The van der Waals surface area contributed by atoms with Gasteiger partial charge in [0.05, 0.1) is 0 Å². The Labute approximate surface area is 164 Å². The second-order valence-corrected chi connectivity index (χ2v) is 2.65. The van der Waals surface area contributed by atoms with Crippen molar-refractivity contribution in [1.29, 1.82) is 0 Å². The van der Waals surface area contributed by atoms with Gasteiger partial charge in [-0.15, -0.1) is 0 Å². The molecule has 0 saturated carbocycles. The number of hydrogen-bond donors (Lipinski definition) is 6. The Morgan fingerprint density at radius 2 is 0.667 bits per heavy atom. The molecule has 0 spiro atoms. The second kappa shape index (κ2) is 36.6. The number of carbonyl (C=O) groups is 4. The van der Waals surface area contributed by atoms with Crippen LogP contribution in [0.3, 0.4) is 0 Å². The molecule has 1 radical (unpaired) electrons. The number of nitrogens with two attached hydrogens (primary N) is 2. The molecule has 11 heteroatoms. The largest absolute Gasteiger partial charge is 0.481 e. The van der Waals surface area contributed by atoms with Gasteiger partial charge in [0.25, 0.3) is 23.9 Å². The summed E-state index contributed by atoms with van der Waals surface area (Å²) in [6.45, 7) is 5.53. The summed E-state index contributed by atoms with van der Waals surface area (Å²) in [5.74, 6) is -3.33. The van der Waals surface area contributed by atoms with E-state index in [0.717, 1.165) is 27.7 Å². The summed E-state index contributed by atoms with van der Waals surface area (Å²) < 4.78 is 0. The first-order valence-electron chi connectivity index (χ1n) is 5.03. The summed E-state index contributed by atoms with van der Waals surface area (Å²) in [5.41, 5.74) is 9.81. The average Bonchev–Trinajstić information content (AvgIpc) is 2.13. The van der Waals surface area contributed by atoms with Crippen molar-refractivity contribution in [3.8, 4) is 0 Å². The first kappa shape index (κ1) is 37.0. The average molecular weight is 452 g/mol. The van der Waals surface area contributed by atoms with Crippen molar-refractivity contribution in [3.63, 3.8) is 0 Å². The first-order valence-corrected chi connectivity index (χ1v) is 5.03. The monoisotopic (exact) mass is 453 g/mol. The maximum Gasteiger partial charge on any atom is 0.300 e. The van der Waals surface area contributed by atoms with Crippen molar-refractivity contribution in [1.82, 2.24) is 0 Å².